The van der Waals surface area contributed by atoms with E-state index in [0.29, 0.717) is 29.3 Å². The minimum atomic E-state index is -0.543. The van der Waals surface area contributed by atoms with E-state index in [1.165, 1.54) is 12.7 Å². The molecule has 0 atom stereocenters. The molecular weight excluding hydrogens is 482 g/mol. The van der Waals surface area contributed by atoms with E-state index in [1.807, 2.05) is 42.5 Å². The molecule has 0 aliphatic carbocycles. The van der Waals surface area contributed by atoms with Gasteiger partial charge in [-0.2, -0.15) is 0 Å². The average Bonchev–Trinajstić information content (AvgIpc) is 2.95. The van der Waals surface area contributed by atoms with Crippen molar-refractivity contribution in [3.63, 3.8) is 0 Å². The third-order valence-corrected chi connectivity index (χ3v) is 6.60. The second-order valence-electron chi connectivity index (χ2n) is 9.07. The molecule has 38 heavy (non-hydrogen) atoms. The first-order valence-electron chi connectivity index (χ1n) is 12.4. The summed E-state index contributed by atoms with van der Waals surface area (Å²) < 4.78 is 16.1. The van der Waals surface area contributed by atoms with Crippen molar-refractivity contribution in [3.05, 3.63) is 95.2 Å². The van der Waals surface area contributed by atoms with Gasteiger partial charge < -0.3 is 19.5 Å². The summed E-state index contributed by atoms with van der Waals surface area (Å²) >= 11 is 0. The van der Waals surface area contributed by atoms with E-state index in [4.69, 9.17) is 19.2 Å². The number of ether oxygens (including phenoxy) is 3. The van der Waals surface area contributed by atoms with Crippen LogP contribution in [0.4, 0.5) is 5.69 Å². The summed E-state index contributed by atoms with van der Waals surface area (Å²) in [4.78, 5) is 33.3. The molecule has 1 aliphatic heterocycles. The molecule has 0 unspecified atom stereocenters. The molecule has 0 saturated carbocycles. The van der Waals surface area contributed by atoms with Gasteiger partial charge in [0.05, 0.1) is 31.0 Å². The second kappa shape index (κ2) is 11.3. The Morgan fingerprint density at radius 3 is 2.55 bits per heavy atom. The summed E-state index contributed by atoms with van der Waals surface area (Å²) in [5, 5.41) is 3.45. The molecule has 5 rings (SSSR count). The topological polar surface area (TPSA) is 90.0 Å². The second-order valence-corrected chi connectivity index (χ2v) is 9.07. The van der Waals surface area contributed by atoms with Crippen molar-refractivity contribution in [2.24, 2.45) is 0 Å². The predicted octanol–water partition coefficient (Wildman–Crippen LogP) is 4.61. The van der Waals surface area contributed by atoms with Crippen LogP contribution in [-0.4, -0.2) is 49.1 Å². The number of para-hydroxylation sites is 1. The molecule has 3 aromatic carbocycles. The van der Waals surface area contributed by atoms with Crippen molar-refractivity contribution in [2.45, 2.75) is 19.5 Å². The molecule has 0 fully saturated rings. The number of benzene rings is 3. The van der Waals surface area contributed by atoms with Gasteiger partial charge in [-0.3, -0.25) is 14.7 Å². The van der Waals surface area contributed by atoms with E-state index in [1.54, 1.807) is 25.3 Å². The zero-order valence-corrected chi connectivity index (χ0v) is 21.4. The lowest BCUT2D eigenvalue weighted by Crippen LogP contribution is -2.32. The number of carbonyl (C=O) groups excluding carboxylic acids is 2. The van der Waals surface area contributed by atoms with Crippen LogP contribution in [0, 0.1) is 0 Å². The Kier molecular flexibility index (Phi) is 7.51. The molecule has 1 N–H and O–H groups in total. The first-order valence-corrected chi connectivity index (χ1v) is 12.4. The molecule has 4 aromatic rings. The van der Waals surface area contributed by atoms with Crippen molar-refractivity contribution in [2.75, 3.05) is 32.7 Å². The Morgan fingerprint density at radius 1 is 0.974 bits per heavy atom. The maximum absolute atomic E-state index is 13.5. The maximum atomic E-state index is 13.5. The van der Waals surface area contributed by atoms with Crippen LogP contribution in [0.15, 0.2) is 72.8 Å². The quantitative estimate of drug-likeness (QED) is 0.346. The van der Waals surface area contributed by atoms with Crippen molar-refractivity contribution < 1.29 is 23.8 Å². The minimum Gasteiger partial charge on any atom is -0.497 e. The first-order chi connectivity index (χ1) is 18.6. The normalized spacial score (nSPS) is 13.0. The van der Waals surface area contributed by atoms with Gasteiger partial charge in [0.15, 0.2) is 6.61 Å². The number of esters is 1. The smallest absolute Gasteiger partial charge is 0.339 e. The summed E-state index contributed by atoms with van der Waals surface area (Å²) in [6, 6.07) is 22.8. The molecule has 1 amide bonds. The fourth-order valence-electron chi connectivity index (χ4n) is 4.75. The van der Waals surface area contributed by atoms with Crippen LogP contribution < -0.4 is 14.8 Å². The molecule has 0 spiro atoms. The van der Waals surface area contributed by atoms with Crippen molar-refractivity contribution >= 4 is 28.5 Å². The average molecular weight is 512 g/mol. The largest absolute Gasteiger partial charge is 0.497 e. The third-order valence-electron chi connectivity index (χ3n) is 6.60. The number of nitrogens with zero attached hydrogens (tertiary/aromatic N) is 2. The lowest BCUT2D eigenvalue weighted by Gasteiger charge is -2.30. The number of amides is 1. The molecule has 2 heterocycles. The number of aromatic nitrogens is 1. The zero-order chi connectivity index (χ0) is 26.5. The Hall–Kier alpha value is -4.43. The number of nitrogens with one attached hydrogen (secondary N) is 1. The number of hydrogen-bond acceptors (Lipinski definition) is 7. The summed E-state index contributed by atoms with van der Waals surface area (Å²) in [6.45, 7) is 1.75. The highest BCUT2D eigenvalue weighted by molar-refractivity contribution is 6.06. The molecule has 0 bridgehead atoms. The fraction of sp³-hybridized carbons (Fsp3) is 0.233. The highest BCUT2D eigenvalue weighted by Crippen LogP contribution is 2.30. The Labute approximate surface area is 221 Å². The minimum absolute atomic E-state index is 0.437. The van der Waals surface area contributed by atoms with Gasteiger partial charge in [-0.05, 0) is 23.8 Å². The standard InChI is InChI=1S/C30H29N3O5/c1-36-21-12-13-26(27(16-21)37-2)32-28(34)19-38-30(35)29-22-10-6-7-11-24(22)31-25-14-15-33(18-23(25)29)17-20-8-4-3-5-9-20/h3-13,16H,14-15,17-19H2,1-2H3,(H,32,34). The Balaban J connectivity index is 1.36. The summed E-state index contributed by atoms with van der Waals surface area (Å²) in [7, 11) is 3.05. The van der Waals surface area contributed by atoms with Crippen LogP contribution in [0.2, 0.25) is 0 Å². The highest BCUT2D eigenvalue weighted by atomic mass is 16.5. The predicted molar refractivity (Wildman–Crippen MR) is 144 cm³/mol. The van der Waals surface area contributed by atoms with Crippen LogP contribution in [-0.2, 0) is 29.0 Å². The van der Waals surface area contributed by atoms with E-state index in [2.05, 4.69) is 22.3 Å². The fourth-order valence-corrected chi connectivity index (χ4v) is 4.75. The van der Waals surface area contributed by atoms with E-state index >= 15 is 0 Å². The SMILES string of the molecule is COc1ccc(NC(=O)COC(=O)c2c3c(nc4ccccc24)CCN(Cc2ccccc2)C3)c(OC)c1. The van der Waals surface area contributed by atoms with E-state index in [9.17, 15) is 9.59 Å². The maximum Gasteiger partial charge on any atom is 0.339 e. The van der Waals surface area contributed by atoms with Crippen molar-refractivity contribution in [3.8, 4) is 11.5 Å². The number of methoxy groups -OCH3 is 2. The van der Waals surface area contributed by atoms with Gasteiger partial charge in [-0.1, -0.05) is 48.5 Å². The van der Waals surface area contributed by atoms with Gasteiger partial charge in [0.25, 0.3) is 5.91 Å². The monoisotopic (exact) mass is 511 g/mol. The van der Waals surface area contributed by atoms with Crippen LogP contribution >= 0.6 is 0 Å². The molecule has 1 aliphatic rings. The Morgan fingerprint density at radius 2 is 1.76 bits per heavy atom. The number of anilines is 1. The van der Waals surface area contributed by atoms with Gasteiger partial charge in [0.1, 0.15) is 11.5 Å². The number of hydrogen-bond donors (Lipinski definition) is 1. The molecule has 8 nitrogen and oxygen atoms in total. The highest BCUT2D eigenvalue weighted by Gasteiger charge is 2.27. The number of carbonyl (C=O) groups is 2. The molecular formula is C30H29N3O5. The van der Waals surface area contributed by atoms with Crippen LogP contribution in [0.25, 0.3) is 10.9 Å². The van der Waals surface area contributed by atoms with Crippen LogP contribution in [0.3, 0.4) is 0 Å². The molecule has 8 heteroatoms. The van der Waals surface area contributed by atoms with Gasteiger partial charge in [-0.15, -0.1) is 0 Å². The number of rotatable bonds is 8. The first kappa shape index (κ1) is 25.2. The Bertz CT molecular complexity index is 1470. The molecule has 0 radical (unpaired) electrons. The number of pyridine rings is 1. The molecule has 0 saturated heterocycles. The van der Waals surface area contributed by atoms with E-state index in [-0.39, 0.29) is 0 Å². The van der Waals surface area contributed by atoms with Gasteiger partial charge in [0, 0.05) is 48.8 Å². The van der Waals surface area contributed by atoms with Gasteiger partial charge in [-0.25, -0.2) is 4.79 Å². The molecule has 1 aromatic heterocycles. The zero-order valence-electron chi connectivity index (χ0n) is 21.4. The van der Waals surface area contributed by atoms with Gasteiger partial charge >= 0.3 is 5.97 Å². The third kappa shape index (κ3) is 5.45. The van der Waals surface area contributed by atoms with Crippen molar-refractivity contribution in [1.29, 1.82) is 0 Å². The summed E-state index contributed by atoms with van der Waals surface area (Å²) in [6.07, 6.45) is 0.727. The van der Waals surface area contributed by atoms with E-state index in [0.717, 1.165) is 41.7 Å². The lowest BCUT2D eigenvalue weighted by atomic mass is 9.95. The lowest BCUT2D eigenvalue weighted by molar-refractivity contribution is -0.119. The van der Waals surface area contributed by atoms with Crippen LogP contribution in [0.1, 0.15) is 27.2 Å². The van der Waals surface area contributed by atoms with E-state index < -0.39 is 18.5 Å². The summed E-state index contributed by atoms with van der Waals surface area (Å²) in [5.74, 6) is 0.0247. The summed E-state index contributed by atoms with van der Waals surface area (Å²) in [5.41, 5.74) is 4.62. The van der Waals surface area contributed by atoms with Crippen LogP contribution in [0.5, 0.6) is 11.5 Å². The van der Waals surface area contributed by atoms with Crippen molar-refractivity contribution in [1.82, 2.24) is 9.88 Å². The number of fused-ring (bicyclic) bond motifs is 2. The molecule has 194 valence electrons. The van der Waals surface area contributed by atoms with Gasteiger partial charge in [0.2, 0.25) is 0 Å².